The van der Waals surface area contributed by atoms with Gasteiger partial charge in [-0.2, -0.15) is 0 Å². The molecule has 1 fully saturated rings. The molecule has 3 aromatic rings. The summed E-state index contributed by atoms with van der Waals surface area (Å²) in [5, 5.41) is 0.821. The Balaban J connectivity index is 0.00000218. The summed E-state index contributed by atoms with van der Waals surface area (Å²) in [6, 6.07) is 25.8. The number of fused-ring (bicyclic) bond motifs is 2. The number of likely N-dealkylation sites (tertiary alicyclic amines) is 1. The standard InChI is InChI=1S/C27H24ClN.ClH/c28-24-9-5-6-20(18-24)19-29-16-14-23(15-17-29)27-25-10-3-1-7-21(25)12-13-22-8-2-4-11-26(22)27;/h1-13,18H,14-17,19H2;1H. The van der Waals surface area contributed by atoms with Gasteiger partial charge < -0.3 is 0 Å². The molecule has 30 heavy (non-hydrogen) atoms. The molecule has 152 valence electrons. The molecule has 1 aliphatic carbocycles. The van der Waals surface area contributed by atoms with Gasteiger partial charge in [0.25, 0.3) is 0 Å². The highest BCUT2D eigenvalue weighted by Crippen LogP contribution is 2.38. The lowest BCUT2D eigenvalue weighted by Crippen LogP contribution is -2.30. The Morgan fingerprint density at radius 2 is 1.33 bits per heavy atom. The third-order valence-electron chi connectivity index (χ3n) is 6.01. The Morgan fingerprint density at radius 3 is 1.93 bits per heavy atom. The van der Waals surface area contributed by atoms with E-state index in [0.29, 0.717) is 0 Å². The second-order valence-corrected chi connectivity index (χ2v) is 8.33. The Kier molecular flexibility index (Phi) is 6.43. The first kappa shape index (κ1) is 20.9. The minimum Gasteiger partial charge on any atom is -0.298 e. The largest absolute Gasteiger partial charge is 0.298 e. The van der Waals surface area contributed by atoms with E-state index in [2.05, 4.69) is 77.7 Å². The average Bonchev–Trinajstić information content (AvgIpc) is 2.91. The predicted octanol–water partition coefficient (Wildman–Crippen LogP) is 7.34. The van der Waals surface area contributed by atoms with Crippen LogP contribution in [-0.2, 0) is 6.54 Å². The van der Waals surface area contributed by atoms with Crippen molar-refractivity contribution in [3.05, 3.63) is 111 Å². The van der Waals surface area contributed by atoms with Crippen LogP contribution < -0.4 is 0 Å². The van der Waals surface area contributed by atoms with Gasteiger partial charge in [-0.1, -0.05) is 90.0 Å². The maximum atomic E-state index is 6.17. The first-order valence-electron chi connectivity index (χ1n) is 10.3. The van der Waals surface area contributed by atoms with E-state index in [1.165, 1.54) is 33.4 Å². The highest BCUT2D eigenvalue weighted by molar-refractivity contribution is 6.30. The zero-order chi connectivity index (χ0) is 19.6. The average molecular weight is 434 g/mol. The van der Waals surface area contributed by atoms with E-state index in [1.807, 2.05) is 12.1 Å². The Bertz CT molecular complexity index is 1050. The van der Waals surface area contributed by atoms with E-state index in [9.17, 15) is 0 Å². The highest BCUT2D eigenvalue weighted by atomic mass is 35.5. The topological polar surface area (TPSA) is 3.24 Å². The van der Waals surface area contributed by atoms with Gasteiger partial charge in [-0.05, 0) is 58.4 Å². The van der Waals surface area contributed by atoms with Crippen LogP contribution in [0.15, 0.2) is 78.4 Å². The number of hydrogen-bond donors (Lipinski definition) is 0. The van der Waals surface area contributed by atoms with Crippen molar-refractivity contribution in [3.63, 3.8) is 0 Å². The van der Waals surface area contributed by atoms with E-state index >= 15 is 0 Å². The third-order valence-corrected chi connectivity index (χ3v) is 6.25. The molecule has 1 saturated heterocycles. The molecule has 0 N–H and O–H groups in total. The van der Waals surface area contributed by atoms with E-state index in [1.54, 1.807) is 5.57 Å². The molecular formula is C27H25Cl2N. The molecule has 1 heterocycles. The van der Waals surface area contributed by atoms with Crippen molar-refractivity contribution in [2.75, 3.05) is 13.1 Å². The number of hydrogen-bond acceptors (Lipinski definition) is 1. The summed E-state index contributed by atoms with van der Waals surface area (Å²) in [5.74, 6) is 0. The van der Waals surface area contributed by atoms with Gasteiger partial charge in [0.05, 0.1) is 0 Å². The maximum Gasteiger partial charge on any atom is 0.0409 e. The normalized spacial score (nSPS) is 15.8. The monoisotopic (exact) mass is 433 g/mol. The number of halogens is 2. The summed E-state index contributed by atoms with van der Waals surface area (Å²) in [6.45, 7) is 3.14. The van der Waals surface area contributed by atoms with Crippen molar-refractivity contribution in [3.8, 4) is 0 Å². The SMILES string of the molecule is Cl.Clc1cccc(CN2CCC(=C3c4ccccc4C=Cc4ccccc43)CC2)c1. The molecule has 3 aromatic carbocycles. The first-order valence-corrected chi connectivity index (χ1v) is 10.7. The van der Waals surface area contributed by atoms with E-state index in [0.717, 1.165) is 37.5 Å². The smallest absolute Gasteiger partial charge is 0.0409 e. The molecule has 0 radical (unpaired) electrons. The lowest BCUT2D eigenvalue weighted by atomic mass is 9.86. The van der Waals surface area contributed by atoms with Gasteiger partial charge in [0.2, 0.25) is 0 Å². The van der Waals surface area contributed by atoms with Crippen LogP contribution in [0, 0.1) is 0 Å². The quantitative estimate of drug-likeness (QED) is 0.319. The van der Waals surface area contributed by atoms with Gasteiger partial charge in [-0.15, -0.1) is 12.4 Å². The fourth-order valence-corrected chi connectivity index (χ4v) is 4.78. The molecule has 0 bridgehead atoms. The Morgan fingerprint density at radius 1 is 0.733 bits per heavy atom. The summed E-state index contributed by atoms with van der Waals surface area (Å²) < 4.78 is 0. The molecule has 2 aliphatic rings. The number of rotatable bonds is 2. The number of piperidine rings is 1. The van der Waals surface area contributed by atoms with Gasteiger partial charge in [-0.3, -0.25) is 4.90 Å². The van der Waals surface area contributed by atoms with Crippen LogP contribution in [0.5, 0.6) is 0 Å². The van der Waals surface area contributed by atoms with Crippen LogP contribution in [-0.4, -0.2) is 18.0 Å². The minimum atomic E-state index is 0. The van der Waals surface area contributed by atoms with E-state index in [-0.39, 0.29) is 12.4 Å². The summed E-state index contributed by atoms with van der Waals surface area (Å²) in [7, 11) is 0. The van der Waals surface area contributed by atoms with Crippen molar-refractivity contribution in [1.29, 1.82) is 0 Å². The first-order chi connectivity index (χ1) is 14.3. The van der Waals surface area contributed by atoms with Crippen LogP contribution in [0.2, 0.25) is 5.02 Å². The summed E-state index contributed by atoms with van der Waals surface area (Å²) in [4.78, 5) is 2.54. The van der Waals surface area contributed by atoms with Gasteiger partial charge in [0, 0.05) is 24.7 Å². The van der Waals surface area contributed by atoms with Crippen LogP contribution in [0.4, 0.5) is 0 Å². The third kappa shape index (κ3) is 4.25. The van der Waals surface area contributed by atoms with Crippen molar-refractivity contribution >= 4 is 41.7 Å². The molecule has 0 amide bonds. The molecule has 5 rings (SSSR count). The molecule has 0 aromatic heterocycles. The Labute approximate surface area is 190 Å². The van der Waals surface area contributed by atoms with Gasteiger partial charge in [0.15, 0.2) is 0 Å². The molecule has 1 aliphatic heterocycles. The number of benzene rings is 3. The zero-order valence-corrected chi connectivity index (χ0v) is 18.4. The maximum absolute atomic E-state index is 6.17. The lowest BCUT2D eigenvalue weighted by Gasteiger charge is -2.30. The summed E-state index contributed by atoms with van der Waals surface area (Å²) in [5.41, 5.74) is 9.68. The zero-order valence-electron chi connectivity index (χ0n) is 16.9. The van der Waals surface area contributed by atoms with E-state index in [4.69, 9.17) is 11.6 Å². The van der Waals surface area contributed by atoms with E-state index < -0.39 is 0 Å². The fraction of sp³-hybridized carbons (Fsp3) is 0.185. The fourth-order valence-electron chi connectivity index (χ4n) is 4.57. The molecule has 1 nitrogen and oxygen atoms in total. The highest BCUT2D eigenvalue weighted by Gasteiger charge is 2.22. The summed E-state index contributed by atoms with van der Waals surface area (Å²) >= 11 is 6.17. The number of nitrogens with zero attached hydrogens (tertiary/aromatic N) is 1. The van der Waals surface area contributed by atoms with Crippen molar-refractivity contribution in [2.24, 2.45) is 0 Å². The molecule has 0 saturated carbocycles. The molecule has 0 spiro atoms. The van der Waals surface area contributed by atoms with Crippen molar-refractivity contribution < 1.29 is 0 Å². The van der Waals surface area contributed by atoms with Crippen LogP contribution in [0.1, 0.15) is 40.7 Å². The summed E-state index contributed by atoms with van der Waals surface area (Å²) in [6.07, 6.45) is 6.74. The molecule has 3 heteroatoms. The van der Waals surface area contributed by atoms with Crippen molar-refractivity contribution in [2.45, 2.75) is 19.4 Å². The predicted molar refractivity (Wildman–Crippen MR) is 131 cm³/mol. The van der Waals surface area contributed by atoms with Gasteiger partial charge in [-0.25, -0.2) is 0 Å². The lowest BCUT2D eigenvalue weighted by molar-refractivity contribution is 0.248. The molecule has 0 atom stereocenters. The second-order valence-electron chi connectivity index (χ2n) is 7.89. The molecule has 0 unspecified atom stereocenters. The van der Waals surface area contributed by atoms with Crippen molar-refractivity contribution in [1.82, 2.24) is 4.90 Å². The van der Waals surface area contributed by atoms with Crippen LogP contribution in [0.3, 0.4) is 0 Å². The minimum absolute atomic E-state index is 0. The second kappa shape index (κ2) is 9.22. The van der Waals surface area contributed by atoms with Gasteiger partial charge >= 0.3 is 0 Å². The molecular weight excluding hydrogens is 409 g/mol. The van der Waals surface area contributed by atoms with Gasteiger partial charge in [0.1, 0.15) is 0 Å². The van der Waals surface area contributed by atoms with Crippen LogP contribution in [0.25, 0.3) is 17.7 Å². The Hall–Kier alpha value is -2.32. The van der Waals surface area contributed by atoms with Crippen LogP contribution >= 0.6 is 24.0 Å².